The number of hydrogen-bond donors (Lipinski definition) is 0. The highest BCUT2D eigenvalue weighted by atomic mass is 16.2. The van der Waals surface area contributed by atoms with Gasteiger partial charge in [-0.3, -0.25) is 9.69 Å². The zero-order valence-electron chi connectivity index (χ0n) is 18.1. The molecule has 1 amide bonds. The fourth-order valence-corrected chi connectivity index (χ4v) is 4.55. The van der Waals surface area contributed by atoms with E-state index in [9.17, 15) is 4.79 Å². The van der Waals surface area contributed by atoms with E-state index in [4.69, 9.17) is 9.97 Å². The molecule has 1 saturated heterocycles. The number of carbonyl (C=O) groups is 1. The van der Waals surface area contributed by atoms with Gasteiger partial charge in [-0.1, -0.05) is 18.1 Å². The number of nitrogens with zero attached hydrogens (tertiary/aromatic N) is 5. The molecule has 2 fully saturated rings. The van der Waals surface area contributed by atoms with Gasteiger partial charge in [0.15, 0.2) is 0 Å². The molecule has 1 aromatic rings. The third-order valence-electron chi connectivity index (χ3n) is 6.90. The molecular weight excluding hydrogens is 362 g/mol. The maximum atomic E-state index is 12.5. The highest BCUT2D eigenvalue weighted by molar-refractivity contribution is 5.78. The maximum absolute atomic E-state index is 12.5. The third kappa shape index (κ3) is 4.80. The van der Waals surface area contributed by atoms with Gasteiger partial charge in [0.1, 0.15) is 0 Å². The highest BCUT2D eigenvalue weighted by Crippen LogP contribution is 2.26. The summed E-state index contributed by atoms with van der Waals surface area (Å²) in [6, 6.07) is 0.830. The molecule has 158 valence electrons. The average Bonchev–Trinajstić information content (AvgIpc) is 2.67. The van der Waals surface area contributed by atoms with Crippen LogP contribution in [0.15, 0.2) is 17.8 Å². The molecule has 0 N–H and O–H groups in total. The molecule has 2 aliphatic heterocycles. The van der Waals surface area contributed by atoms with Gasteiger partial charge in [0.2, 0.25) is 11.9 Å². The fraction of sp³-hybridized carbons (Fsp3) is 0.696. The Hall–Kier alpha value is -1.95. The Kier molecular flexibility index (Phi) is 6.48. The first-order chi connectivity index (χ1) is 14.1. The van der Waals surface area contributed by atoms with Crippen molar-refractivity contribution < 1.29 is 4.79 Å². The Bertz CT molecular complexity index is 750. The summed E-state index contributed by atoms with van der Waals surface area (Å²) in [6.45, 7) is 9.94. The summed E-state index contributed by atoms with van der Waals surface area (Å²) in [6.07, 6.45) is 11.5. The minimum Gasteiger partial charge on any atom is -0.342 e. The minimum atomic E-state index is 0.242. The Labute approximate surface area is 175 Å². The first kappa shape index (κ1) is 20.3. The van der Waals surface area contributed by atoms with Crippen LogP contribution in [0.25, 0.3) is 0 Å². The second-order valence-corrected chi connectivity index (χ2v) is 8.80. The van der Waals surface area contributed by atoms with Crippen LogP contribution in [0.3, 0.4) is 0 Å². The largest absolute Gasteiger partial charge is 0.342 e. The monoisotopic (exact) mass is 397 g/mol. The topological polar surface area (TPSA) is 52.6 Å². The molecule has 0 spiro atoms. The first-order valence-electron chi connectivity index (χ1n) is 11.4. The van der Waals surface area contributed by atoms with Gasteiger partial charge in [-0.25, -0.2) is 9.97 Å². The lowest BCUT2D eigenvalue weighted by Crippen LogP contribution is -2.52. The normalized spacial score (nSPS) is 21.9. The van der Waals surface area contributed by atoms with Crippen molar-refractivity contribution in [3.63, 3.8) is 0 Å². The standard InChI is InChI=1S/C23H35N5O/c1-3-18(2)16-22(29)27-10-5-8-21-19(9-11-27)17-24-23(25-21)28-14-12-26(13-15-28)20-6-4-7-20/h3,17,20H,4-16H2,1-2H3/b18-3+. The van der Waals surface area contributed by atoms with Crippen molar-refractivity contribution in [1.29, 1.82) is 0 Å². The predicted molar refractivity (Wildman–Crippen MR) is 116 cm³/mol. The maximum Gasteiger partial charge on any atom is 0.226 e. The van der Waals surface area contributed by atoms with Gasteiger partial charge in [-0.15, -0.1) is 0 Å². The van der Waals surface area contributed by atoms with Crippen LogP contribution >= 0.6 is 0 Å². The molecule has 4 rings (SSSR count). The zero-order chi connectivity index (χ0) is 20.2. The Balaban J connectivity index is 1.36. The lowest BCUT2D eigenvalue weighted by Gasteiger charge is -2.43. The van der Waals surface area contributed by atoms with Gasteiger partial charge >= 0.3 is 0 Å². The van der Waals surface area contributed by atoms with E-state index in [0.29, 0.717) is 6.42 Å². The van der Waals surface area contributed by atoms with Crippen LogP contribution in [0.5, 0.6) is 0 Å². The second kappa shape index (κ2) is 9.24. The summed E-state index contributed by atoms with van der Waals surface area (Å²) < 4.78 is 0. The number of carbonyl (C=O) groups excluding carboxylic acids is 1. The third-order valence-corrected chi connectivity index (χ3v) is 6.90. The molecule has 0 aromatic carbocycles. The number of piperazine rings is 1. The molecule has 3 heterocycles. The smallest absolute Gasteiger partial charge is 0.226 e. The minimum absolute atomic E-state index is 0.242. The molecule has 0 atom stereocenters. The quantitative estimate of drug-likeness (QED) is 0.732. The van der Waals surface area contributed by atoms with Crippen LogP contribution in [0.1, 0.15) is 57.2 Å². The van der Waals surface area contributed by atoms with Crippen molar-refractivity contribution in [2.45, 2.75) is 64.8 Å². The molecule has 1 aromatic heterocycles. The molecule has 29 heavy (non-hydrogen) atoms. The molecule has 3 aliphatic rings. The lowest BCUT2D eigenvalue weighted by atomic mass is 9.91. The predicted octanol–water partition coefficient (Wildman–Crippen LogP) is 2.82. The van der Waals surface area contributed by atoms with Gasteiger partial charge in [-0.05, 0) is 51.5 Å². The zero-order valence-corrected chi connectivity index (χ0v) is 18.1. The molecular formula is C23H35N5O. The summed E-state index contributed by atoms with van der Waals surface area (Å²) in [5.41, 5.74) is 3.54. The molecule has 1 aliphatic carbocycles. The van der Waals surface area contributed by atoms with E-state index in [1.54, 1.807) is 0 Å². The van der Waals surface area contributed by atoms with Gasteiger partial charge in [0.05, 0.1) is 0 Å². The average molecular weight is 398 g/mol. The van der Waals surface area contributed by atoms with Crippen LogP contribution in [0.4, 0.5) is 5.95 Å². The summed E-state index contributed by atoms with van der Waals surface area (Å²) in [7, 11) is 0. The van der Waals surface area contributed by atoms with Crippen molar-refractivity contribution in [3.05, 3.63) is 29.1 Å². The van der Waals surface area contributed by atoms with Crippen molar-refractivity contribution in [2.24, 2.45) is 0 Å². The van der Waals surface area contributed by atoms with E-state index in [1.807, 2.05) is 31.0 Å². The lowest BCUT2D eigenvalue weighted by molar-refractivity contribution is -0.130. The van der Waals surface area contributed by atoms with Gasteiger partial charge < -0.3 is 9.80 Å². The van der Waals surface area contributed by atoms with E-state index in [1.165, 1.54) is 30.5 Å². The van der Waals surface area contributed by atoms with E-state index in [2.05, 4.69) is 9.80 Å². The molecule has 0 bridgehead atoms. The first-order valence-corrected chi connectivity index (χ1v) is 11.4. The van der Waals surface area contributed by atoms with Crippen LogP contribution in [0.2, 0.25) is 0 Å². The number of aromatic nitrogens is 2. The van der Waals surface area contributed by atoms with E-state index < -0.39 is 0 Å². The number of rotatable bonds is 4. The van der Waals surface area contributed by atoms with Gasteiger partial charge in [-0.2, -0.15) is 0 Å². The highest BCUT2D eigenvalue weighted by Gasteiger charge is 2.29. The van der Waals surface area contributed by atoms with Crippen LogP contribution < -0.4 is 4.90 Å². The molecule has 6 nitrogen and oxygen atoms in total. The summed E-state index contributed by atoms with van der Waals surface area (Å²) in [5.74, 6) is 1.14. The molecule has 0 radical (unpaired) electrons. The van der Waals surface area contributed by atoms with E-state index in [0.717, 1.165) is 76.1 Å². The summed E-state index contributed by atoms with van der Waals surface area (Å²) in [4.78, 5) is 29.2. The van der Waals surface area contributed by atoms with Crippen LogP contribution in [0, 0.1) is 0 Å². The number of aryl methyl sites for hydroxylation is 1. The fourth-order valence-electron chi connectivity index (χ4n) is 4.55. The molecule has 1 saturated carbocycles. The van der Waals surface area contributed by atoms with Crippen molar-refractivity contribution in [2.75, 3.05) is 44.2 Å². The van der Waals surface area contributed by atoms with Crippen LogP contribution in [-0.4, -0.2) is 71.0 Å². The Morgan fingerprint density at radius 1 is 1.10 bits per heavy atom. The molecule has 0 unspecified atom stereocenters. The molecule has 6 heteroatoms. The SMILES string of the molecule is C/C=C(\C)CC(=O)N1CCCc2nc(N3CCN(C4CCC4)CC3)ncc2CC1. The van der Waals surface area contributed by atoms with Crippen molar-refractivity contribution in [1.82, 2.24) is 19.8 Å². The number of allylic oxidation sites excluding steroid dienone is 1. The van der Waals surface area contributed by atoms with E-state index >= 15 is 0 Å². The Morgan fingerprint density at radius 2 is 1.90 bits per heavy atom. The number of amides is 1. The van der Waals surface area contributed by atoms with Gasteiger partial charge in [0, 0.05) is 63.6 Å². The number of fused-ring (bicyclic) bond motifs is 1. The van der Waals surface area contributed by atoms with Crippen LogP contribution in [-0.2, 0) is 17.6 Å². The summed E-state index contributed by atoms with van der Waals surface area (Å²) >= 11 is 0. The van der Waals surface area contributed by atoms with Crippen molar-refractivity contribution >= 4 is 11.9 Å². The van der Waals surface area contributed by atoms with Crippen molar-refractivity contribution in [3.8, 4) is 0 Å². The number of anilines is 1. The Morgan fingerprint density at radius 3 is 2.59 bits per heavy atom. The van der Waals surface area contributed by atoms with E-state index in [-0.39, 0.29) is 5.91 Å². The second-order valence-electron chi connectivity index (χ2n) is 8.80. The van der Waals surface area contributed by atoms with Gasteiger partial charge in [0.25, 0.3) is 0 Å². The number of hydrogen-bond acceptors (Lipinski definition) is 5. The summed E-state index contributed by atoms with van der Waals surface area (Å²) in [5, 5.41) is 0.